The third kappa shape index (κ3) is 4.66. The highest BCUT2D eigenvalue weighted by Crippen LogP contribution is 2.43. The van der Waals surface area contributed by atoms with Crippen molar-refractivity contribution < 1.29 is 41.8 Å². The molecule has 2 N–H and O–H groups in total. The van der Waals surface area contributed by atoms with Crippen LogP contribution in [0.25, 0.3) is 0 Å². The number of aliphatic imine (C=N–C) groups is 1. The number of carbonyl (C=O) groups is 4. The number of imide groups is 1. The fourth-order valence-electron chi connectivity index (χ4n) is 3.95. The van der Waals surface area contributed by atoms with Crippen molar-refractivity contribution >= 4 is 29.6 Å². The van der Waals surface area contributed by atoms with Crippen molar-refractivity contribution in [2.75, 3.05) is 19.8 Å². The number of rotatable bonds is 9. The molecule has 1 aromatic rings. The van der Waals surface area contributed by atoms with E-state index < -0.39 is 47.2 Å². The molecule has 1 fully saturated rings. The SMILES string of the molecule is CCOc1ccc(CCN2C(=O)NC(=O)C3C2=NC(=O)C3(NC(=O)CC)C(F)(F)F)cc1OCC. The Morgan fingerprint density at radius 3 is 2.40 bits per heavy atom. The van der Waals surface area contributed by atoms with Crippen LogP contribution in [-0.4, -0.2) is 66.0 Å². The first-order valence-corrected chi connectivity index (χ1v) is 11.0. The van der Waals surface area contributed by atoms with E-state index in [0.29, 0.717) is 30.3 Å². The second-order valence-corrected chi connectivity index (χ2v) is 7.76. The van der Waals surface area contributed by atoms with E-state index in [1.54, 1.807) is 30.4 Å². The van der Waals surface area contributed by atoms with E-state index in [4.69, 9.17) is 9.47 Å². The molecule has 13 heteroatoms. The molecule has 2 atom stereocenters. The summed E-state index contributed by atoms with van der Waals surface area (Å²) in [5.41, 5.74) is -2.94. The van der Waals surface area contributed by atoms with Gasteiger partial charge >= 0.3 is 12.2 Å². The minimum atomic E-state index is -5.35. The maximum Gasteiger partial charge on any atom is 0.422 e. The molecule has 2 heterocycles. The van der Waals surface area contributed by atoms with Crippen LogP contribution in [0.5, 0.6) is 11.5 Å². The molecular formula is C22H25F3N4O6. The maximum atomic E-state index is 14.2. The fraction of sp³-hybridized carbons (Fsp3) is 0.500. The molecule has 1 saturated heterocycles. The van der Waals surface area contributed by atoms with Crippen LogP contribution in [0.3, 0.4) is 0 Å². The van der Waals surface area contributed by atoms with Crippen LogP contribution in [0, 0.1) is 5.92 Å². The van der Waals surface area contributed by atoms with E-state index in [9.17, 15) is 32.3 Å². The number of nitrogens with zero attached hydrogens (tertiary/aromatic N) is 2. The van der Waals surface area contributed by atoms with E-state index in [0.717, 1.165) is 4.90 Å². The standard InChI is InChI=1S/C22H25F3N4O6/c1-4-15(30)28-21(22(23,24)25)16-17(26-19(21)32)29(20(33)27-18(16)31)10-9-12-7-8-13(34-5-2)14(11-12)35-6-3/h7-8,11,16H,4-6,9-10H2,1-3H3,(H,28,30)(H,27,31,33). The molecule has 0 bridgehead atoms. The predicted octanol–water partition coefficient (Wildman–Crippen LogP) is 1.96. The van der Waals surface area contributed by atoms with Crippen LogP contribution >= 0.6 is 0 Å². The summed E-state index contributed by atoms with van der Waals surface area (Å²) in [4.78, 5) is 53.8. The fourth-order valence-corrected chi connectivity index (χ4v) is 3.95. The molecule has 0 aliphatic carbocycles. The zero-order chi connectivity index (χ0) is 26.0. The third-order valence-electron chi connectivity index (χ3n) is 5.60. The Bertz CT molecular complexity index is 1070. The summed E-state index contributed by atoms with van der Waals surface area (Å²) < 4.78 is 53.6. The van der Waals surface area contributed by atoms with E-state index >= 15 is 0 Å². The smallest absolute Gasteiger partial charge is 0.422 e. The number of urea groups is 1. The van der Waals surface area contributed by atoms with Crippen molar-refractivity contribution in [3.05, 3.63) is 23.8 Å². The minimum absolute atomic E-state index is 0.133. The number of ether oxygens (including phenoxy) is 2. The molecule has 3 rings (SSSR count). The van der Waals surface area contributed by atoms with Crippen molar-refractivity contribution in [3.63, 3.8) is 0 Å². The van der Waals surface area contributed by atoms with Crippen LogP contribution < -0.4 is 20.1 Å². The van der Waals surface area contributed by atoms with Gasteiger partial charge in [-0.1, -0.05) is 13.0 Å². The van der Waals surface area contributed by atoms with Gasteiger partial charge in [-0.05, 0) is 38.0 Å². The van der Waals surface area contributed by atoms with Gasteiger partial charge in [-0.2, -0.15) is 18.2 Å². The number of alkyl halides is 3. The van der Waals surface area contributed by atoms with Gasteiger partial charge in [0.05, 0.1) is 13.2 Å². The van der Waals surface area contributed by atoms with Gasteiger partial charge in [0, 0.05) is 13.0 Å². The van der Waals surface area contributed by atoms with Crippen LogP contribution in [0.4, 0.5) is 18.0 Å². The maximum absolute atomic E-state index is 14.2. The van der Waals surface area contributed by atoms with Crippen LogP contribution in [0.1, 0.15) is 32.8 Å². The highest BCUT2D eigenvalue weighted by Gasteiger charge is 2.73. The average Bonchev–Trinajstić information content (AvgIpc) is 3.08. The lowest BCUT2D eigenvalue weighted by atomic mass is 9.81. The molecular weight excluding hydrogens is 473 g/mol. The van der Waals surface area contributed by atoms with Crippen LogP contribution in [0.15, 0.2) is 23.2 Å². The van der Waals surface area contributed by atoms with Crippen molar-refractivity contribution in [1.82, 2.24) is 15.5 Å². The molecule has 190 valence electrons. The Morgan fingerprint density at radius 1 is 1.14 bits per heavy atom. The molecule has 1 aromatic carbocycles. The van der Waals surface area contributed by atoms with Gasteiger partial charge in [0.2, 0.25) is 17.4 Å². The molecule has 0 spiro atoms. The average molecular weight is 498 g/mol. The summed E-state index contributed by atoms with van der Waals surface area (Å²) >= 11 is 0. The molecule has 2 unspecified atom stereocenters. The number of amidine groups is 1. The summed E-state index contributed by atoms with van der Waals surface area (Å²) in [6, 6.07) is 4.01. The van der Waals surface area contributed by atoms with Gasteiger partial charge in [0.15, 0.2) is 11.5 Å². The lowest BCUT2D eigenvalue weighted by molar-refractivity contribution is -0.206. The predicted molar refractivity (Wildman–Crippen MR) is 116 cm³/mol. The number of nitrogens with one attached hydrogen (secondary N) is 2. The van der Waals surface area contributed by atoms with E-state index in [-0.39, 0.29) is 19.4 Å². The Kier molecular flexibility index (Phi) is 7.36. The minimum Gasteiger partial charge on any atom is -0.490 e. The van der Waals surface area contributed by atoms with Crippen LogP contribution in [0.2, 0.25) is 0 Å². The zero-order valence-electron chi connectivity index (χ0n) is 19.3. The number of fused-ring (bicyclic) bond motifs is 1. The Hall–Kier alpha value is -3.64. The molecule has 0 aromatic heterocycles. The first-order valence-electron chi connectivity index (χ1n) is 11.0. The quantitative estimate of drug-likeness (QED) is 0.536. The van der Waals surface area contributed by atoms with Crippen LogP contribution in [-0.2, 0) is 20.8 Å². The molecule has 10 nitrogen and oxygen atoms in total. The Balaban J connectivity index is 1.92. The van der Waals surface area contributed by atoms with Gasteiger partial charge in [-0.15, -0.1) is 0 Å². The number of hydrogen-bond donors (Lipinski definition) is 2. The molecule has 0 saturated carbocycles. The topological polar surface area (TPSA) is 126 Å². The highest BCUT2D eigenvalue weighted by molar-refractivity contribution is 6.27. The molecule has 5 amide bonds. The summed E-state index contributed by atoms with van der Waals surface area (Å²) in [6.07, 6.45) is -5.58. The lowest BCUT2D eigenvalue weighted by Gasteiger charge is -2.39. The summed E-state index contributed by atoms with van der Waals surface area (Å²) in [6.45, 7) is 5.47. The number of carbonyl (C=O) groups excluding carboxylic acids is 4. The number of hydrogen-bond acceptors (Lipinski definition) is 6. The summed E-state index contributed by atoms with van der Waals surface area (Å²) in [7, 11) is 0. The van der Waals surface area contributed by atoms with E-state index in [1.807, 2.05) is 12.2 Å². The van der Waals surface area contributed by atoms with Gasteiger partial charge in [-0.3, -0.25) is 24.6 Å². The van der Waals surface area contributed by atoms with Crippen molar-refractivity contribution in [2.24, 2.45) is 10.9 Å². The highest BCUT2D eigenvalue weighted by atomic mass is 19.4. The third-order valence-corrected chi connectivity index (χ3v) is 5.60. The first kappa shape index (κ1) is 26.0. The van der Waals surface area contributed by atoms with Gasteiger partial charge < -0.3 is 14.8 Å². The number of amides is 5. The van der Waals surface area contributed by atoms with Crippen molar-refractivity contribution in [3.8, 4) is 11.5 Å². The summed E-state index contributed by atoms with van der Waals surface area (Å²) in [5.74, 6) is -6.18. The first-order chi connectivity index (χ1) is 16.5. The van der Waals surface area contributed by atoms with Crippen molar-refractivity contribution in [1.29, 1.82) is 0 Å². The second-order valence-electron chi connectivity index (χ2n) is 7.76. The number of halogens is 3. The largest absolute Gasteiger partial charge is 0.490 e. The second kappa shape index (κ2) is 9.92. The molecule has 0 radical (unpaired) electrons. The Morgan fingerprint density at radius 2 is 1.80 bits per heavy atom. The molecule has 35 heavy (non-hydrogen) atoms. The monoisotopic (exact) mass is 498 g/mol. The van der Waals surface area contributed by atoms with Crippen molar-refractivity contribution in [2.45, 2.75) is 45.3 Å². The lowest BCUT2D eigenvalue weighted by Crippen LogP contribution is -2.72. The van der Waals surface area contributed by atoms with Gasteiger partial charge in [0.25, 0.3) is 5.91 Å². The van der Waals surface area contributed by atoms with Gasteiger partial charge in [0.1, 0.15) is 11.8 Å². The van der Waals surface area contributed by atoms with E-state index in [2.05, 4.69) is 4.99 Å². The molecule has 2 aliphatic heterocycles. The number of benzene rings is 1. The summed E-state index contributed by atoms with van der Waals surface area (Å²) in [5, 5.41) is 3.51. The Labute approximate surface area is 198 Å². The van der Waals surface area contributed by atoms with Gasteiger partial charge in [-0.25, -0.2) is 4.79 Å². The van der Waals surface area contributed by atoms with E-state index in [1.165, 1.54) is 6.92 Å². The zero-order valence-corrected chi connectivity index (χ0v) is 19.3. The normalized spacial score (nSPS) is 21.9. The molecule has 2 aliphatic rings.